The molecule has 0 bridgehead atoms. The summed E-state index contributed by atoms with van der Waals surface area (Å²) in [5, 5.41) is 14.9. The number of ether oxygens (including phenoxy) is 2. The summed E-state index contributed by atoms with van der Waals surface area (Å²) >= 11 is 0. The first-order chi connectivity index (χ1) is 12.6. The SMILES string of the molecule is Cc1nc(COc2ccc(Oc3ccc(C(=N)CC=N)cc3)cc2)co1. The summed E-state index contributed by atoms with van der Waals surface area (Å²) < 4.78 is 16.6. The van der Waals surface area contributed by atoms with Crippen molar-refractivity contribution < 1.29 is 13.9 Å². The van der Waals surface area contributed by atoms with E-state index in [0.717, 1.165) is 11.3 Å². The molecule has 0 saturated carbocycles. The van der Waals surface area contributed by atoms with Gasteiger partial charge in [-0.25, -0.2) is 4.98 Å². The molecule has 0 spiro atoms. The molecule has 0 atom stereocenters. The molecule has 0 aliphatic rings. The first-order valence-electron chi connectivity index (χ1n) is 8.12. The predicted molar refractivity (Wildman–Crippen MR) is 98.8 cm³/mol. The van der Waals surface area contributed by atoms with E-state index in [1.807, 2.05) is 48.5 Å². The largest absolute Gasteiger partial charge is 0.487 e. The van der Waals surface area contributed by atoms with Gasteiger partial charge in [-0.3, -0.25) is 0 Å². The molecular weight excluding hydrogens is 330 g/mol. The highest BCUT2D eigenvalue weighted by molar-refractivity contribution is 6.04. The van der Waals surface area contributed by atoms with E-state index in [9.17, 15) is 0 Å². The van der Waals surface area contributed by atoms with E-state index in [4.69, 9.17) is 24.7 Å². The summed E-state index contributed by atoms with van der Waals surface area (Å²) in [6.07, 6.45) is 3.13. The topological polar surface area (TPSA) is 92.2 Å². The molecule has 0 radical (unpaired) electrons. The Labute approximate surface area is 151 Å². The molecular formula is C20H19N3O3. The van der Waals surface area contributed by atoms with Crippen molar-refractivity contribution in [3.63, 3.8) is 0 Å². The number of rotatable bonds is 8. The number of nitrogens with zero attached hydrogens (tertiary/aromatic N) is 1. The van der Waals surface area contributed by atoms with Gasteiger partial charge in [0.15, 0.2) is 5.89 Å². The average molecular weight is 349 g/mol. The zero-order valence-electron chi connectivity index (χ0n) is 14.4. The minimum absolute atomic E-state index is 0.329. The van der Waals surface area contributed by atoms with Crippen molar-refractivity contribution in [3.8, 4) is 17.2 Å². The number of hydrogen-bond acceptors (Lipinski definition) is 6. The quantitative estimate of drug-likeness (QED) is 0.573. The first kappa shape index (κ1) is 17.4. The smallest absolute Gasteiger partial charge is 0.191 e. The van der Waals surface area contributed by atoms with Crippen LogP contribution >= 0.6 is 0 Å². The highest BCUT2D eigenvalue weighted by Crippen LogP contribution is 2.24. The Morgan fingerprint density at radius 2 is 1.65 bits per heavy atom. The number of benzene rings is 2. The third kappa shape index (κ3) is 4.57. The molecule has 0 aliphatic carbocycles. The van der Waals surface area contributed by atoms with Crippen LogP contribution in [0.5, 0.6) is 17.2 Å². The van der Waals surface area contributed by atoms with E-state index in [1.165, 1.54) is 6.21 Å². The van der Waals surface area contributed by atoms with Gasteiger partial charge in [-0.05, 0) is 54.1 Å². The molecule has 2 N–H and O–H groups in total. The Hall–Kier alpha value is -3.41. The van der Waals surface area contributed by atoms with Gasteiger partial charge in [-0.15, -0.1) is 0 Å². The van der Waals surface area contributed by atoms with Gasteiger partial charge in [-0.2, -0.15) is 0 Å². The third-order valence-electron chi connectivity index (χ3n) is 3.62. The molecule has 26 heavy (non-hydrogen) atoms. The van der Waals surface area contributed by atoms with Gasteiger partial charge in [0, 0.05) is 25.3 Å². The van der Waals surface area contributed by atoms with E-state index in [2.05, 4.69) is 4.98 Å². The summed E-state index contributed by atoms with van der Waals surface area (Å²) in [7, 11) is 0. The zero-order chi connectivity index (χ0) is 18.4. The van der Waals surface area contributed by atoms with Crippen molar-refractivity contribution in [2.45, 2.75) is 20.0 Å². The molecule has 3 aromatic rings. The highest BCUT2D eigenvalue weighted by Gasteiger charge is 2.04. The van der Waals surface area contributed by atoms with Crippen LogP contribution in [0.2, 0.25) is 0 Å². The first-order valence-corrected chi connectivity index (χ1v) is 8.12. The predicted octanol–water partition coefficient (Wildman–Crippen LogP) is 4.76. The summed E-state index contributed by atoms with van der Waals surface area (Å²) in [5.74, 6) is 2.71. The van der Waals surface area contributed by atoms with Crippen molar-refractivity contribution in [1.29, 1.82) is 10.8 Å². The van der Waals surface area contributed by atoms with Gasteiger partial charge in [0.1, 0.15) is 35.8 Å². The van der Waals surface area contributed by atoms with Crippen LogP contribution in [0.4, 0.5) is 0 Å². The highest BCUT2D eigenvalue weighted by atomic mass is 16.5. The lowest BCUT2D eigenvalue weighted by molar-refractivity contribution is 0.300. The minimum atomic E-state index is 0.329. The van der Waals surface area contributed by atoms with Crippen LogP contribution < -0.4 is 9.47 Å². The fraction of sp³-hybridized carbons (Fsp3) is 0.150. The number of aryl methyl sites for hydroxylation is 1. The van der Waals surface area contributed by atoms with E-state index in [1.54, 1.807) is 13.2 Å². The Kier molecular flexibility index (Phi) is 5.43. The monoisotopic (exact) mass is 349 g/mol. The lowest BCUT2D eigenvalue weighted by atomic mass is 10.1. The number of aromatic nitrogens is 1. The fourth-order valence-electron chi connectivity index (χ4n) is 2.32. The maximum atomic E-state index is 7.83. The minimum Gasteiger partial charge on any atom is -0.487 e. The van der Waals surface area contributed by atoms with E-state index in [0.29, 0.717) is 41.9 Å². The summed E-state index contributed by atoms with van der Waals surface area (Å²) in [6.45, 7) is 2.14. The molecule has 6 nitrogen and oxygen atoms in total. The lowest BCUT2D eigenvalue weighted by Gasteiger charge is -2.08. The molecule has 0 unspecified atom stereocenters. The van der Waals surface area contributed by atoms with Crippen LogP contribution in [-0.4, -0.2) is 16.9 Å². The number of nitrogens with one attached hydrogen (secondary N) is 2. The average Bonchev–Trinajstić information content (AvgIpc) is 3.07. The van der Waals surface area contributed by atoms with E-state index in [-0.39, 0.29) is 0 Å². The zero-order valence-corrected chi connectivity index (χ0v) is 14.4. The molecule has 132 valence electrons. The molecule has 0 amide bonds. The number of oxazole rings is 1. The third-order valence-corrected chi connectivity index (χ3v) is 3.62. The maximum Gasteiger partial charge on any atom is 0.191 e. The second kappa shape index (κ2) is 8.11. The van der Waals surface area contributed by atoms with Crippen LogP contribution in [0.15, 0.2) is 59.2 Å². The van der Waals surface area contributed by atoms with Crippen molar-refractivity contribution in [1.82, 2.24) is 4.98 Å². The van der Waals surface area contributed by atoms with Crippen molar-refractivity contribution >= 4 is 11.9 Å². The Morgan fingerprint density at radius 1 is 1.04 bits per heavy atom. The second-order valence-corrected chi connectivity index (χ2v) is 5.63. The lowest BCUT2D eigenvalue weighted by Crippen LogP contribution is -1.98. The second-order valence-electron chi connectivity index (χ2n) is 5.63. The molecule has 1 heterocycles. The molecule has 2 aromatic carbocycles. The molecule has 3 rings (SSSR count). The van der Waals surface area contributed by atoms with Gasteiger partial charge in [0.05, 0.1) is 0 Å². The van der Waals surface area contributed by atoms with Gasteiger partial charge < -0.3 is 24.7 Å². The number of hydrogen-bond donors (Lipinski definition) is 2. The fourth-order valence-corrected chi connectivity index (χ4v) is 2.32. The normalized spacial score (nSPS) is 10.3. The van der Waals surface area contributed by atoms with Crippen LogP contribution in [0.3, 0.4) is 0 Å². The van der Waals surface area contributed by atoms with Crippen molar-refractivity contribution in [2.24, 2.45) is 0 Å². The Balaban J connectivity index is 1.56. The molecule has 0 aliphatic heterocycles. The molecule has 1 aromatic heterocycles. The van der Waals surface area contributed by atoms with Crippen LogP contribution in [0, 0.1) is 17.7 Å². The standard InChI is InChI=1S/C20H19N3O3/c1-14-23-16(12-24-14)13-25-17-6-8-19(9-7-17)26-18-4-2-15(3-5-18)20(22)10-11-21/h2-9,11-12,21-22H,10,13H2,1H3. The van der Waals surface area contributed by atoms with Gasteiger partial charge in [0.2, 0.25) is 0 Å². The molecule has 0 fully saturated rings. The maximum absolute atomic E-state index is 7.83. The molecule has 6 heteroatoms. The molecule has 0 saturated heterocycles. The van der Waals surface area contributed by atoms with Crippen molar-refractivity contribution in [2.75, 3.05) is 0 Å². The van der Waals surface area contributed by atoms with E-state index < -0.39 is 0 Å². The summed E-state index contributed by atoms with van der Waals surface area (Å²) in [5.41, 5.74) is 1.94. The Bertz CT molecular complexity index is 883. The van der Waals surface area contributed by atoms with Crippen LogP contribution in [0.25, 0.3) is 0 Å². The Morgan fingerprint density at radius 3 is 2.23 bits per heavy atom. The van der Waals surface area contributed by atoms with Crippen LogP contribution in [-0.2, 0) is 6.61 Å². The van der Waals surface area contributed by atoms with E-state index >= 15 is 0 Å². The summed E-state index contributed by atoms with van der Waals surface area (Å²) in [4.78, 5) is 4.19. The van der Waals surface area contributed by atoms with Crippen molar-refractivity contribution in [3.05, 3.63) is 71.9 Å². The van der Waals surface area contributed by atoms with Gasteiger partial charge >= 0.3 is 0 Å². The summed E-state index contributed by atoms with van der Waals surface area (Å²) in [6, 6.07) is 14.6. The van der Waals surface area contributed by atoms with Gasteiger partial charge in [0.25, 0.3) is 0 Å². The van der Waals surface area contributed by atoms with Crippen LogP contribution in [0.1, 0.15) is 23.6 Å². The van der Waals surface area contributed by atoms with Gasteiger partial charge in [-0.1, -0.05) is 0 Å².